The Morgan fingerprint density at radius 3 is 2.56 bits per heavy atom. The van der Waals surface area contributed by atoms with Gasteiger partial charge in [-0.25, -0.2) is 4.39 Å². The summed E-state index contributed by atoms with van der Waals surface area (Å²) in [4.78, 5) is 0. The van der Waals surface area contributed by atoms with E-state index in [0.717, 1.165) is 12.1 Å². The summed E-state index contributed by atoms with van der Waals surface area (Å²) in [5.74, 6) is -0.315. The Labute approximate surface area is 107 Å². The molecule has 2 aromatic rings. The average molecular weight is 244 g/mol. The van der Waals surface area contributed by atoms with Crippen LogP contribution in [-0.4, -0.2) is 6.04 Å². The van der Waals surface area contributed by atoms with E-state index in [1.54, 1.807) is 6.07 Å². The first-order chi connectivity index (χ1) is 8.63. The number of hydrogen-bond acceptors (Lipinski definition) is 2. The van der Waals surface area contributed by atoms with Gasteiger partial charge in [-0.05, 0) is 37.1 Å². The molecule has 0 aliphatic heterocycles. The Kier molecular flexibility index (Phi) is 3.82. The molecule has 0 fully saturated rings. The molecule has 0 amide bonds. The maximum Gasteiger partial charge on any atom is 0.127 e. The fraction of sp³-hybridized carbons (Fsp3) is 0.200. The molecule has 0 aliphatic carbocycles. The number of hydrogen-bond donors (Lipinski definition) is 2. The van der Waals surface area contributed by atoms with E-state index in [-0.39, 0.29) is 11.9 Å². The van der Waals surface area contributed by atoms with E-state index in [4.69, 9.17) is 5.73 Å². The molecule has 0 heterocycles. The first-order valence-corrected chi connectivity index (χ1v) is 6.00. The standard InChI is InChI=1S/C15H17FN2/c1-11(7-12-5-3-2-4-6-12)18-15-9-13(16)8-14(17)10-15/h2-6,8-11,18H,7,17H2,1H3. The predicted octanol–water partition coefficient (Wildman–Crippen LogP) is 3.45. The SMILES string of the molecule is CC(Cc1ccccc1)Nc1cc(N)cc(F)c1. The van der Waals surface area contributed by atoms with Crippen molar-refractivity contribution in [2.24, 2.45) is 0 Å². The topological polar surface area (TPSA) is 38.0 Å². The molecule has 0 aliphatic rings. The van der Waals surface area contributed by atoms with Gasteiger partial charge in [0.2, 0.25) is 0 Å². The van der Waals surface area contributed by atoms with Crippen molar-refractivity contribution in [3.8, 4) is 0 Å². The number of anilines is 2. The molecule has 0 spiro atoms. The van der Waals surface area contributed by atoms with Crippen LogP contribution in [0.3, 0.4) is 0 Å². The van der Waals surface area contributed by atoms with Crippen molar-refractivity contribution in [2.45, 2.75) is 19.4 Å². The lowest BCUT2D eigenvalue weighted by atomic mass is 10.1. The van der Waals surface area contributed by atoms with Crippen LogP contribution in [0.25, 0.3) is 0 Å². The van der Waals surface area contributed by atoms with E-state index < -0.39 is 0 Å². The van der Waals surface area contributed by atoms with Gasteiger partial charge in [0.1, 0.15) is 5.82 Å². The molecule has 0 radical (unpaired) electrons. The molecular formula is C15H17FN2. The zero-order chi connectivity index (χ0) is 13.0. The summed E-state index contributed by atoms with van der Waals surface area (Å²) in [6.45, 7) is 2.06. The fourth-order valence-electron chi connectivity index (χ4n) is 2.00. The second kappa shape index (κ2) is 5.54. The molecule has 2 nitrogen and oxygen atoms in total. The molecule has 18 heavy (non-hydrogen) atoms. The highest BCUT2D eigenvalue weighted by molar-refractivity contribution is 5.55. The lowest BCUT2D eigenvalue weighted by Crippen LogP contribution is -2.18. The molecule has 0 saturated carbocycles. The fourth-order valence-corrected chi connectivity index (χ4v) is 2.00. The van der Waals surface area contributed by atoms with Crippen LogP contribution in [0, 0.1) is 5.82 Å². The summed E-state index contributed by atoms with van der Waals surface area (Å²) in [6.07, 6.45) is 0.886. The van der Waals surface area contributed by atoms with Crippen LogP contribution in [0.4, 0.5) is 15.8 Å². The molecule has 2 rings (SSSR count). The highest BCUT2D eigenvalue weighted by Crippen LogP contribution is 2.17. The first kappa shape index (κ1) is 12.4. The van der Waals surface area contributed by atoms with Crippen LogP contribution in [-0.2, 0) is 6.42 Å². The quantitative estimate of drug-likeness (QED) is 0.808. The van der Waals surface area contributed by atoms with Gasteiger partial charge in [-0.1, -0.05) is 30.3 Å². The molecular weight excluding hydrogens is 227 g/mol. The van der Waals surface area contributed by atoms with E-state index in [9.17, 15) is 4.39 Å². The van der Waals surface area contributed by atoms with Crippen LogP contribution in [0.1, 0.15) is 12.5 Å². The second-order valence-corrected chi connectivity index (χ2v) is 4.51. The van der Waals surface area contributed by atoms with Gasteiger partial charge in [-0.3, -0.25) is 0 Å². The van der Waals surface area contributed by atoms with Crippen molar-refractivity contribution in [1.82, 2.24) is 0 Å². The Hall–Kier alpha value is -2.03. The third-order valence-electron chi connectivity index (χ3n) is 2.72. The van der Waals surface area contributed by atoms with Crippen LogP contribution in [0.5, 0.6) is 0 Å². The zero-order valence-electron chi connectivity index (χ0n) is 10.4. The lowest BCUT2D eigenvalue weighted by Gasteiger charge is -2.15. The van der Waals surface area contributed by atoms with Gasteiger partial charge in [0.05, 0.1) is 0 Å². The minimum Gasteiger partial charge on any atom is -0.399 e. The van der Waals surface area contributed by atoms with Crippen molar-refractivity contribution in [1.29, 1.82) is 0 Å². The molecule has 2 aromatic carbocycles. The minimum absolute atomic E-state index is 0.216. The van der Waals surface area contributed by atoms with Gasteiger partial charge in [-0.2, -0.15) is 0 Å². The van der Waals surface area contributed by atoms with Gasteiger partial charge in [0.15, 0.2) is 0 Å². The monoisotopic (exact) mass is 244 g/mol. The number of halogens is 1. The maximum atomic E-state index is 13.2. The van der Waals surface area contributed by atoms with E-state index in [1.807, 2.05) is 18.2 Å². The molecule has 1 atom stereocenters. The van der Waals surface area contributed by atoms with E-state index in [0.29, 0.717) is 5.69 Å². The van der Waals surface area contributed by atoms with E-state index >= 15 is 0 Å². The predicted molar refractivity (Wildman–Crippen MR) is 74.0 cm³/mol. The first-order valence-electron chi connectivity index (χ1n) is 6.00. The van der Waals surface area contributed by atoms with E-state index in [2.05, 4.69) is 24.4 Å². The summed E-state index contributed by atoms with van der Waals surface area (Å²) in [7, 11) is 0. The molecule has 0 bridgehead atoms. The number of nitrogens with two attached hydrogens (primary N) is 1. The van der Waals surface area contributed by atoms with Crippen LogP contribution in [0.15, 0.2) is 48.5 Å². The van der Waals surface area contributed by atoms with Crippen molar-refractivity contribution >= 4 is 11.4 Å². The number of rotatable bonds is 4. The Balaban J connectivity index is 2.01. The molecule has 94 valence electrons. The molecule has 3 heteroatoms. The van der Waals surface area contributed by atoms with Crippen LogP contribution in [0.2, 0.25) is 0 Å². The maximum absolute atomic E-state index is 13.2. The molecule has 0 saturated heterocycles. The number of benzene rings is 2. The van der Waals surface area contributed by atoms with Gasteiger partial charge in [0.25, 0.3) is 0 Å². The van der Waals surface area contributed by atoms with Crippen molar-refractivity contribution in [2.75, 3.05) is 11.1 Å². The van der Waals surface area contributed by atoms with Gasteiger partial charge in [-0.15, -0.1) is 0 Å². The smallest absolute Gasteiger partial charge is 0.127 e. The zero-order valence-corrected chi connectivity index (χ0v) is 10.4. The largest absolute Gasteiger partial charge is 0.399 e. The van der Waals surface area contributed by atoms with E-state index in [1.165, 1.54) is 17.7 Å². The summed E-state index contributed by atoms with van der Waals surface area (Å²) in [5, 5.41) is 3.25. The Bertz CT molecular complexity index is 491. The van der Waals surface area contributed by atoms with Crippen LogP contribution >= 0.6 is 0 Å². The number of nitrogens with one attached hydrogen (secondary N) is 1. The molecule has 1 unspecified atom stereocenters. The number of nitrogen functional groups attached to an aromatic ring is 1. The van der Waals surface area contributed by atoms with Gasteiger partial charge < -0.3 is 11.1 Å². The van der Waals surface area contributed by atoms with Crippen molar-refractivity contribution < 1.29 is 4.39 Å². The normalized spacial score (nSPS) is 12.1. The third kappa shape index (κ3) is 3.48. The minimum atomic E-state index is -0.315. The van der Waals surface area contributed by atoms with Crippen molar-refractivity contribution in [3.63, 3.8) is 0 Å². The Morgan fingerprint density at radius 1 is 1.17 bits per heavy atom. The summed E-state index contributed by atoms with van der Waals surface area (Å²) < 4.78 is 13.2. The third-order valence-corrected chi connectivity index (χ3v) is 2.72. The summed E-state index contributed by atoms with van der Waals surface area (Å²) in [5.41, 5.74) is 8.01. The van der Waals surface area contributed by atoms with Gasteiger partial charge in [0, 0.05) is 17.4 Å². The molecule has 0 aromatic heterocycles. The molecule has 3 N–H and O–H groups in total. The highest BCUT2D eigenvalue weighted by atomic mass is 19.1. The summed E-state index contributed by atoms with van der Waals surface area (Å²) >= 11 is 0. The van der Waals surface area contributed by atoms with Crippen molar-refractivity contribution in [3.05, 3.63) is 59.9 Å². The Morgan fingerprint density at radius 2 is 1.89 bits per heavy atom. The van der Waals surface area contributed by atoms with Crippen LogP contribution < -0.4 is 11.1 Å². The highest BCUT2D eigenvalue weighted by Gasteiger charge is 2.05. The average Bonchev–Trinajstić information content (AvgIpc) is 2.28. The lowest BCUT2D eigenvalue weighted by molar-refractivity contribution is 0.628. The van der Waals surface area contributed by atoms with Gasteiger partial charge >= 0.3 is 0 Å². The second-order valence-electron chi connectivity index (χ2n) is 4.51. The summed E-state index contributed by atoms with van der Waals surface area (Å²) in [6, 6.07) is 14.9.